The first kappa shape index (κ1) is 20.2. The molecule has 0 atom stereocenters. The first-order valence-corrected chi connectivity index (χ1v) is 9.88. The lowest BCUT2D eigenvalue weighted by Gasteiger charge is -2.11. The molecule has 150 valence electrons. The van der Waals surface area contributed by atoms with Crippen LogP contribution in [0.2, 0.25) is 0 Å². The van der Waals surface area contributed by atoms with Gasteiger partial charge in [0.1, 0.15) is 11.4 Å². The molecule has 0 saturated carbocycles. The minimum absolute atomic E-state index is 0.0556. The standard InChI is InChI=1S/C19H17N3O6S/c1-12-10-14(7-9-17(12)28-11-18(23)24)29(26,27)22-21-19(25)16-8-6-13-4-2-3-5-15(13)20-16/h2-10,22H,11H2,1H3,(H,21,25)(H,23,24). The van der Waals surface area contributed by atoms with Crippen LogP contribution in [0.25, 0.3) is 10.9 Å². The zero-order valence-corrected chi connectivity index (χ0v) is 16.1. The van der Waals surface area contributed by atoms with Crippen molar-refractivity contribution in [1.82, 2.24) is 15.2 Å². The van der Waals surface area contributed by atoms with Crippen molar-refractivity contribution in [3.63, 3.8) is 0 Å². The fourth-order valence-corrected chi connectivity index (χ4v) is 3.44. The van der Waals surface area contributed by atoms with E-state index >= 15 is 0 Å². The molecular weight excluding hydrogens is 398 g/mol. The van der Waals surface area contributed by atoms with Gasteiger partial charge < -0.3 is 9.84 Å². The highest BCUT2D eigenvalue weighted by molar-refractivity contribution is 7.89. The average Bonchev–Trinajstić information content (AvgIpc) is 2.70. The Hall–Kier alpha value is -3.50. The van der Waals surface area contributed by atoms with Crippen LogP contribution < -0.4 is 15.0 Å². The molecule has 0 spiro atoms. The number of carboxylic acids is 1. The summed E-state index contributed by atoms with van der Waals surface area (Å²) in [7, 11) is -4.06. The summed E-state index contributed by atoms with van der Waals surface area (Å²) in [4.78, 5) is 28.9. The number of hydrogen-bond acceptors (Lipinski definition) is 6. The van der Waals surface area contributed by atoms with E-state index in [-0.39, 0.29) is 16.3 Å². The highest BCUT2D eigenvalue weighted by Gasteiger charge is 2.18. The fourth-order valence-electron chi connectivity index (χ4n) is 2.52. The first-order chi connectivity index (χ1) is 13.8. The van der Waals surface area contributed by atoms with Crippen LogP contribution in [0.5, 0.6) is 5.75 Å². The second kappa shape index (κ2) is 8.25. The van der Waals surface area contributed by atoms with Crippen LogP contribution in [0.4, 0.5) is 0 Å². The molecular formula is C19H17N3O6S. The Morgan fingerprint density at radius 1 is 1.10 bits per heavy atom. The van der Waals surface area contributed by atoms with Gasteiger partial charge in [-0.15, -0.1) is 4.83 Å². The van der Waals surface area contributed by atoms with Crippen LogP contribution in [-0.4, -0.2) is 37.0 Å². The Kier molecular flexibility index (Phi) is 5.76. The summed E-state index contributed by atoms with van der Waals surface area (Å²) < 4.78 is 29.9. The topological polar surface area (TPSA) is 135 Å². The number of hydrazine groups is 1. The molecule has 0 radical (unpaired) electrons. The van der Waals surface area contributed by atoms with Gasteiger partial charge in [0.15, 0.2) is 6.61 Å². The molecule has 10 heteroatoms. The number of aromatic nitrogens is 1. The number of nitrogens with one attached hydrogen (secondary N) is 2. The zero-order chi connectivity index (χ0) is 21.0. The molecule has 2 aromatic carbocycles. The number of nitrogens with zero attached hydrogens (tertiary/aromatic N) is 1. The van der Waals surface area contributed by atoms with Crippen molar-refractivity contribution >= 4 is 32.8 Å². The number of sulfonamides is 1. The smallest absolute Gasteiger partial charge is 0.341 e. The maximum Gasteiger partial charge on any atom is 0.341 e. The third-order valence-corrected chi connectivity index (χ3v) is 5.18. The van der Waals surface area contributed by atoms with E-state index in [1.807, 2.05) is 17.0 Å². The van der Waals surface area contributed by atoms with Crippen LogP contribution in [0.1, 0.15) is 16.1 Å². The van der Waals surface area contributed by atoms with E-state index < -0.39 is 28.5 Å². The summed E-state index contributed by atoms with van der Waals surface area (Å²) in [6, 6.07) is 14.3. The summed E-state index contributed by atoms with van der Waals surface area (Å²) in [6.45, 7) is 1.04. The quantitative estimate of drug-likeness (QED) is 0.499. The van der Waals surface area contributed by atoms with E-state index in [9.17, 15) is 18.0 Å². The van der Waals surface area contributed by atoms with Crippen molar-refractivity contribution in [3.8, 4) is 5.75 Å². The number of carboxylic acid groups (broad SMARTS) is 1. The fraction of sp³-hybridized carbons (Fsp3) is 0.105. The van der Waals surface area contributed by atoms with Crippen LogP contribution in [0.15, 0.2) is 59.5 Å². The molecule has 29 heavy (non-hydrogen) atoms. The molecule has 3 N–H and O–H groups in total. The maximum absolute atomic E-state index is 12.4. The number of para-hydroxylation sites is 1. The Bertz CT molecular complexity index is 1190. The highest BCUT2D eigenvalue weighted by Crippen LogP contribution is 2.21. The number of aliphatic carboxylic acids is 1. The molecule has 0 aliphatic heterocycles. The molecule has 0 unspecified atom stereocenters. The van der Waals surface area contributed by atoms with Gasteiger partial charge in [0.25, 0.3) is 15.9 Å². The normalized spacial score (nSPS) is 11.2. The van der Waals surface area contributed by atoms with Gasteiger partial charge >= 0.3 is 5.97 Å². The van der Waals surface area contributed by atoms with E-state index in [0.717, 1.165) is 5.39 Å². The van der Waals surface area contributed by atoms with Gasteiger partial charge in [-0.05, 0) is 42.8 Å². The molecule has 0 saturated heterocycles. The summed E-state index contributed by atoms with van der Waals surface area (Å²) in [5, 5.41) is 9.50. The summed E-state index contributed by atoms with van der Waals surface area (Å²) in [5.74, 6) is -1.61. The molecule has 9 nitrogen and oxygen atoms in total. The number of fused-ring (bicyclic) bond motifs is 1. The minimum Gasteiger partial charge on any atom is -0.482 e. The largest absolute Gasteiger partial charge is 0.482 e. The lowest BCUT2D eigenvalue weighted by molar-refractivity contribution is -0.139. The molecule has 1 heterocycles. The second-order valence-corrected chi connectivity index (χ2v) is 7.74. The van der Waals surface area contributed by atoms with Crippen LogP contribution >= 0.6 is 0 Å². The predicted octanol–water partition coefficient (Wildman–Crippen LogP) is 1.63. The zero-order valence-electron chi connectivity index (χ0n) is 15.2. The van der Waals surface area contributed by atoms with Gasteiger partial charge in [-0.1, -0.05) is 24.3 Å². The van der Waals surface area contributed by atoms with Gasteiger partial charge in [0, 0.05) is 5.39 Å². The number of hydrogen-bond donors (Lipinski definition) is 3. The van der Waals surface area contributed by atoms with Crippen molar-refractivity contribution in [3.05, 3.63) is 65.9 Å². The monoisotopic (exact) mass is 415 g/mol. The van der Waals surface area contributed by atoms with Crippen LogP contribution in [0.3, 0.4) is 0 Å². The molecule has 1 amide bonds. The maximum atomic E-state index is 12.4. The Morgan fingerprint density at radius 3 is 2.59 bits per heavy atom. The van der Waals surface area contributed by atoms with Crippen molar-refractivity contribution < 1.29 is 27.9 Å². The molecule has 0 aliphatic rings. The number of carbonyl (C=O) groups excluding carboxylic acids is 1. The van der Waals surface area contributed by atoms with Crippen LogP contribution in [0, 0.1) is 6.92 Å². The van der Waals surface area contributed by atoms with E-state index in [1.165, 1.54) is 24.3 Å². The van der Waals surface area contributed by atoms with Crippen LogP contribution in [-0.2, 0) is 14.8 Å². The van der Waals surface area contributed by atoms with E-state index in [4.69, 9.17) is 9.84 Å². The first-order valence-electron chi connectivity index (χ1n) is 8.39. The van der Waals surface area contributed by atoms with Crippen molar-refractivity contribution in [2.45, 2.75) is 11.8 Å². The van der Waals surface area contributed by atoms with Gasteiger partial charge in [-0.3, -0.25) is 10.2 Å². The van der Waals surface area contributed by atoms with Crippen molar-refractivity contribution in [2.75, 3.05) is 6.61 Å². The molecule has 0 aliphatic carbocycles. The summed E-state index contributed by atoms with van der Waals surface area (Å²) >= 11 is 0. The minimum atomic E-state index is -4.06. The molecule has 1 aromatic heterocycles. The number of carbonyl (C=O) groups is 2. The number of pyridine rings is 1. The Morgan fingerprint density at radius 2 is 1.86 bits per heavy atom. The third kappa shape index (κ3) is 4.86. The van der Waals surface area contributed by atoms with Crippen molar-refractivity contribution in [2.24, 2.45) is 0 Å². The number of ether oxygens (including phenoxy) is 1. The van der Waals surface area contributed by atoms with Crippen molar-refractivity contribution in [1.29, 1.82) is 0 Å². The number of rotatable bonds is 7. The van der Waals surface area contributed by atoms with Gasteiger partial charge in [0.05, 0.1) is 10.4 Å². The summed E-state index contributed by atoms with van der Waals surface area (Å²) in [5.41, 5.74) is 3.22. The molecule has 0 bridgehead atoms. The predicted molar refractivity (Wildman–Crippen MR) is 104 cm³/mol. The van der Waals surface area contributed by atoms with E-state index in [1.54, 1.807) is 25.1 Å². The number of aryl methyl sites for hydroxylation is 1. The average molecular weight is 415 g/mol. The van der Waals surface area contributed by atoms with Gasteiger partial charge in [-0.25, -0.2) is 18.2 Å². The number of benzene rings is 2. The van der Waals surface area contributed by atoms with Gasteiger partial charge in [0.2, 0.25) is 0 Å². The second-order valence-electron chi connectivity index (χ2n) is 6.06. The molecule has 3 rings (SSSR count). The van der Waals surface area contributed by atoms with E-state index in [2.05, 4.69) is 10.4 Å². The lowest BCUT2D eigenvalue weighted by atomic mass is 10.2. The lowest BCUT2D eigenvalue weighted by Crippen LogP contribution is -2.41. The Balaban J connectivity index is 1.70. The number of amides is 1. The third-order valence-electron chi connectivity index (χ3n) is 3.94. The SMILES string of the molecule is Cc1cc(S(=O)(=O)NNC(=O)c2ccc3ccccc3n2)ccc1OCC(=O)O. The molecule has 3 aromatic rings. The molecule has 0 fully saturated rings. The van der Waals surface area contributed by atoms with E-state index in [0.29, 0.717) is 11.1 Å². The Labute approximate surface area is 166 Å². The van der Waals surface area contributed by atoms with Gasteiger partial charge in [-0.2, -0.15) is 0 Å². The summed E-state index contributed by atoms with van der Waals surface area (Å²) in [6.07, 6.45) is 0. The highest BCUT2D eigenvalue weighted by atomic mass is 32.2.